The number of carboxylic acid groups (broad SMARTS) is 1. The van der Waals surface area contributed by atoms with E-state index in [-0.39, 0.29) is 6.04 Å². The molecular weight excluding hydrogens is 301 g/mol. The summed E-state index contributed by atoms with van der Waals surface area (Å²) >= 11 is 1.35. The zero-order valence-electron chi connectivity index (χ0n) is 12.7. The maximum absolute atomic E-state index is 11.6. The van der Waals surface area contributed by atoms with Crippen LogP contribution in [0, 0.1) is 6.92 Å². The van der Waals surface area contributed by atoms with Crippen LogP contribution in [-0.2, 0) is 0 Å². The van der Waals surface area contributed by atoms with E-state index in [1.165, 1.54) is 16.9 Å². The molecule has 2 aromatic rings. The van der Waals surface area contributed by atoms with E-state index in [0.717, 1.165) is 16.1 Å². The van der Waals surface area contributed by atoms with E-state index in [0.29, 0.717) is 13.6 Å². The first-order valence-corrected chi connectivity index (χ1v) is 9.11. The summed E-state index contributed by atoms with van der Waals surface area (Å²) in [5.41, 5.74) is 3.11. The average Bonchev–Trinajstić information content (AvgIpc) is 2.85. The van der Waals surface area contributed by atoms with Crippen LogP contribution in [0.1, 0.15) is 29.1 Å². The monoisotopic (exact) mass is 321 g/mol. The highest BCUT2D eigenvalue weighted by Gasteiger charge is 2.21. The number of nitrogens with zero attached hydrogens (tertiary/aromatic N) is 1. The van der Waals surface area contributed by atoms with Gasteiger partial charge in [-0.3, -0.25) is 0 Å². The van der Waals surface area contributed by atoms with E-state index >= 15 is 0 Å². The number of carboxylic acids is 1. The minimum Gasteiger partial charge on any atom is -0.477 e. The van der Waals surface area contributed by atoms with Gasteiger partial charge < -0.3 is 9.78 Å². The Balaban J connectivity index is 2.51. The van der Waals surface area contributed by atoms with Gasteiger partial charge in [0.25, 0.3) is 0 Å². The molecule has 0 saturated heterocycles. The first-order valence-electron chi connectivity index (χ1n) is 6.84. The second-order valence-electron chi connectivity index (χ2n) is 5.18. The van der Waals surface area contributed by atoms with Crippen LogP contribution < -0.4 is 4.67 Å². The smallest absolute Gasteiger partial charge is 0.348 e. The van der Waals surface area contributed by atoms with Crippen LogP contribution >= 0.6 is 20.1 Å². The van der Waals surface area contributed by atoms with Crippen molar-refractivity contribution in [2.24, 2.45) is 0 Å². The zero-order valence-corrected chi connectivity index (χ0v) is 14.5. The first-order chi connectivity index (χ1) is 9.93. The molecule has 0 spiro atoms. The Morgan fingerprint density at radius 3 is 2.38 bits per heavy atom. The van der Waals surface area contributed by atoms with Gasteiger partial charge in [-0.1, -0.05) is 29.8 Å². The van der Waals surface area contributed by atoms with Crippen LogP contribution in [0.3, 0.4) is 0 Å². The largest absolute Gasteiger partial charge is 0.477 e. The van der Waals surface area contributed by atoms with Gasteiger partial charge in [-0.15, -0.1) is 11.3 Å². The first kappa shape index (κ1) is 16.0. The van der Waals surface area contributed by atoms with Gasteiger partial charge >= 0.3 is 5.97 Å². The highest BCUT2D eigenvalue weighted by Crippen LogP contribution is 2.40. The molecule has 3 nitrogen and oxygen atoms in total. The Labute approximate surface area is 131 Å². The van der Waals surface area contributed by atoms with Gasteiger partial charge in [-0.25, -0.2) is 4.79 Å². The van der Waals surface area contributed by atoms with Crippen LogP contribution in [0.15, 0.2) is 30.3 Å². The Bertz CT molecular complexity index is 634. The third-order valence-electron chi connectivity index (χ3n) is 3.26. The fraction of sp³-hybridized carbons (Fsp3) is 0.312. The van der Waals surface area contributed by atoms with Crippen LogP contribution in [0.2, 0.25) is 0 Å². The molecule has 0 aliphatic carbocycles. The van der Waals surface area contributed by atoms with Gasteiger partial charge in [0.05, 0.1) is 5.69 Å². The number of carbonyl (C=O) groups is 1. The summed E-state index contributed by atoms with van der Waals surface area (Å²) in [4.78, 5) is 13.0. The van der Waals surface area contributed by atoms with Gasteiger partial charge in [-0.2, -0.15) is 0 Å². The lowest BCUT2D eigenvalue weighted by Crippen LogP contribution is -2.22. The van der Waals surface area contributed by atoms with Gasteiger partial charge in [0.15, 0.2) is 0 Å². The quantitative estimate of drug-likeness (QED) is 0.800. The normalized spacial score (nSPS) is 11.5. The Kier molecular flexibility index (Phi) is 5.02. The molecule has 5 heteroatoms. The molecule has 0 aliphatic rings. The molecule has 1 unspecified atom stereocenters. The predicted octanol–water partition coefficient (Wildman–Crippen LogP) is 4.86. The van der Waals surface area contributed by atoms with E-state index < -0.39 is 5.97 Å². The summed E-state index contributed by atoms with van der Waals surface area (Å²) in [6, 6.07) is 10.5. The highest BCUT2D eigenvalue weighted by molar-refractivity contribution is 7.39. The van der Waals surface area contributed by atoms with Gasteiger partial charge in [0.2, 0.25) is 0 Å². The fourth-order valence-electron chi connectivity index (χ4n) is 2.23. The number of aromatic carboxylic acids is 1. The molecule has 21 heavy (non-hydrogen) atoms. The number of thiophene rings is 1. The molecule has 0 fully saturated rings. The lowest BCUT2D eigenvalue weighted by atomic mass is 10.1. The second kappa shape index (κ2) is 6.59. The number of rotatable bonds is 5. The Morgan fingerprint density at radius 2 is 1.90 bits per heavy atom. The van der Waals surface area contributed by atoms with Gasteiger partial charge in [-0.05, 0) is 47.8 Å². The maximum Gasteiger partial charge on any atom is 0.348 e. The fourth-order valence-corrected chi connectivity index (χ4v) is 4.24. The molecule has 0 amide bonds. The summed E-state index contributed by atoms with van der Waals surface area (Å²) in [5.74, 6) is -0.850. The average molecular weight is 321 g/mol. The van der Waals surface area contributed by atoms with Crippen LogP contribution in [-0.4, -0.2) is 23.8 Å². The Morgan fingerprint density at radius 1 is 1.29 bits per heavy atom. The van der Waals surface area contributed by atoms with Crippen molar-refractivity contribution in [2.75, 3.05) is 11.3 Å². The van der Waals surface area contributed by atoms with Crippen molar-refractivity contribution in [1.82, 2.24) is 0 Å². The van der Waals surface area contributed by atoms with E-state index in [1.807, 2.05) is 25.1 Å². The van der Waals surface area contributed by atoms with Crippen LogP contribution in [0.25, 0.3) is 10.4 Å². The third kappa shape index (κ3) is 3.45. The lowest BCUT2D eigenvalue weighted by Gasteiger charge is -2.26. The summed E-state index contributed by atoms with van der Waals surface area (Å²) < 4.78 is 2.15. The van der Waals surface area contributed by atoms with E-state index in [9.17, 15) is 9.90 Å². The second-order valence-corrected chi connectivity index (χ2v) is 7.16. The van der Waals surface area contributed by atoms with E-state index in [2.05, 4.69) is 37.3 Å². The van der Waals surface area contributed by atoms with Crippen LogP contribution in [0.4, 0.5) is 5.69 Å². The molecule has 0 radical (unpaired) electrons. The predicted molar refractivity (Wildman–Crippen MR) is 93.3 cm³/mol. The SMILES string of the molecule is CPN(c1cc(-c2ccc(C)cc2)sc1C(=O)O)C(C)C. The molecule has 0 bridgehead atoms. The third-order valence-corrected chi connectivity index (χ3v) is 5.66. The topological polar surface area (TPSA) is 40.5 Å². The molecule has 1 atom stereocenters. The van der Waals surface area contributed by atoms with Gasteiger partial charge in [0.1, 0.15) is 4.88 Å². The number of hydrogen-bond acceptors (Lipinski definition) is 3. The van der Waals surface area contributed by atoms with Crippen molar-refractivity contribution in [3.05, 3.63) is 40.8 Å². The summed E-state index contributed by atoms with van der Waals surface area (Å²) in [7, 11) is 0.541. The zero-order chi connectivity index (χ0) is 15.6. The van der Waals surface area contributed by atoms with Crippen molar-refractivity contribution in [1.29, 1.82) is 0 Å². The molecule has 1 heterocycles. The number of benzene rings is 1. The van der Waals surface area contributed by atoms with Crippen LogP contribution in [0.5, 0.6) is 0 Å². The lowest BCUT2D eigenvalue weighted by molar-refractivity contribution is 0.0703. The van der Waals surface area contributed by atoms with Crippen molar-refractivity contribution in [3.8, 4) is 10.4 Å². The molecule has 2 rings (SSSR count). The molecular formula is C16H20NO2PS. The molecule has 0 aliphatic heterocycles. The number of anilines is 1. The minimum absolute atomic E-state index is 0.284. The van der Waals surface area contributed by atoms with Crippen molar-refractivity contribution in [3.63, 3.8) is 0 Å². The summed E-state index contributed by atoms with van der Waals surface area (Å²) in [5, 5.41) is 9.48. The van der Waals surface area contributed by atoms with Crippen molar-refractivity contribution in [2.45, 2.75) is 26.8 Å². The van der Waals surface area contributed by atoms with E-state index in [1.54, 1.807) is 0 Å². The number of hydrogen-bond donors (Lipinski definition) is 1. The van der Waals surface area contributed by atoms with Crippen molar-refractivity contribution >= 4 is 31.7 Å². The summed E-state index contributed by atoms with van der Waals surface area (Å²) in [6.07, 6.45) is 0. The molecule has 112 valence electrons. The Hall–Kier alpha value is -1.38. The van der Waals surface area contributed by atoms with Crippen molar-refractivity contribution < 1.29 is 9.90 Å². The highest BCUT2D eigenvalue weighted by atomic mass is 32.1. The molecule has 1 aromatic heterocycles. The van der Waals surface area contributed by atoms with E-state index in [4.69, 9.17) is 0 Å². The maximum atomic E-state index is 11.6. The number of aryl methyl sites for hydroxylation is 1. The molecule has 0 saturated carbocycles. The molecule has 1 N–H and O–H groups in total. The standard InChI is InChI=1S/C16H20NO2PS/c1-10(2)17(20-4)13-9-14(21-15(13)16(18)19)12-7-5-11(3)6-8-12/h5-10,20H,1-4H3,(H,18,19). The van der Waals surface area contributed by atoms with Gasteiger partial charge in [0, 0.05) is 10.9 Å². The molecule has 1 aromatic carbocycles. The summed E-state index contributed by atoms with van der Waals surface area (Å²) in [6.45, 7) is 8.30. The minimum atomic E-state index is -0.850.